The molecular weight excluding hydrogens is 393 g/mol. The molecule has 0 saturated heterocycles. The molecule has 0 aliphatic heterocycles. The van der Waals surface area contributed by atoms with Crippen LogP contribution in [0.25, 0.3) is 22.2 Å². The van der Waals surface area contributed by atoms with Gasteiger partial charge < -0.3 is 15.4 Å². The molecule has 0 fully saturated rings. The van der Waals surface area contributed by atoms with Crippen molar-refractivity contribution >= 4 is 17.2 Å². The zero-order valence-corrected chi connectivity index (χ0v) is 17.9. The third-order valence-electron chi connectivity index (χ3n) is 5.09. The van der Waals surface area contributed by atoms with Gasteiger partial charge in [-0.1, -0.05) is 24.3 Å². The molecule has 0 radical (unpaired) electrons. The van der Waals surface area contributed by atoms with E-state index in [0.29, 0.717) is 23.2 Å². The minimum absolute atomic E-state index is 0.167. The van der Waals surface area contributed by atoms with Gasteiger partial charge in [-0.25, -0.2) is 9.37 Å². The fourth-order valence-electron chi connectivity index (χ4n) is 3.55. The van der Waals surface area contributed by atoms with Crippen molar-refractivity contribution < 1.29 is 14.3 Å². The summed E-state index contributed by atoms with van der Waals surface area (Å²) in [5.41, 5.74) is 5.92. The molecule has 0 amide bonds. The predicted molar refractivity (Wildman–Crippen MR) is 122 cm³/mol. The Hall–Kier alpha value is -3.51. The number of aldehydes is 1. The summed E-state index contributed by atoms with van der Waals surface area (Å²) in [4.78, 5) is 17.8. The van der Waals surface area contributed by atoms with E-state index >= 15 is 0 Å². The molecule has 0 bridgehead atoms. The van der Waals surface area contributed by atoms with Crippen LogP contribution < -0.4 is 5.32 Å². The maximum absolute atomic E-state index is 13.6. The van der Waals surface area contributed by atoms with Crippen LogP contribution in [0.1, 0.15) is 27.3 Å². The summed E-state index contributed by atoms with van der Waals surface area (Å²) in [6.07, 6.45) is 1.62. The molecule has 0 atom stereocenters. The fraction of sp³-hybridized carbons (Fsp3) is 0.200. The maximum atomic E-state index is 13.6. The second-order valence-corrected chi connectivity index (χ2v) is 7.31. The van der Waals surface area contributed by atoms with Gasteiger partial charge in [0.2, 0.25) is 0 Å². The van der Waals surface area contributed by atoms with E-state index in [1.165, 1.54) is 11.6 Å². The van der Waals surface area contributed by atoms with Crippen LogP contribution in [0.15, 0.2) is 54.6 Å². The van der Waals surface area contributed by atoms with Crippen molar-refractivity contribution in [2.24, 2.45) is 0 Å². The first-order chi connectivity index (χ1) is 14.9. The number of aromatic nitrogens is 2. The number of nitrogens with zero attached hydrogens (tertiary/aromatic N) is 1. The quantitative estimate of drug-likeness (QED) is 0.400. The Morgan fingerprint density at radius 1 is 1.13 bits per heavy atom. The number of H-pyrrole nitrogens is 1. The van der Waals surface area contributed by atoms with Crippen molar-refractivity contribution in [2.45, 2.75) is 20.3 Å². The van der Waals surface area contributed by atoms with E-state index in [0.717, 1.165) is 35.2 Å². The number of phenolic OH excluding ortho intramolecular Hbond substituents is 1. The van der Waals surface area contributed by atoms with E-state index in [1.807, 2.05) is 33.0 Å². The highest BCUT2D eigenvalue weighted by Gasteiger charge is 2.13. The van der Waals surface area contributed by atoms with Gasteiger partial charge in [-0.2, -0.15) is 0 Å². The highest BCUT2D eigenvalue weighted by molar-refractivity contribution is 5.88. The number of hydrogen-bond acceptors (Lipinski definition) is 4. The monoisotopic (exact) mass is 419 g/mol. The number of carbonyl (C=O) groups excluding carboxylic acids is 1. The van der Waals surface area contributed by atoms with Crippen molar-refractivity contribution in [1.82, 2.24) is 15.3 Å². The normalized spacial score (nSPS) is 10.6. The number of nitrogens with one attached hydrogen (secondary N) is 2. The molecule has 0 aliphatic rings. The number of likely N-dealkylation sites (N-methyl/N-ethyl adjacent to an activating group) is 1. The SMILES string of the molecule is CNCCc1c(C)[nH]c2c(F)ccc(C)c12.O=Cc1cccc(-c2cccc(O)c2)n1. The highest BCUT2D eigenvalue weighted by atomic mass is 19.1. The standard InChI is InChI=1S/C13H17FN2.C12H9NO2/c1-8-4-5-11(14)13-12(8)10(6-7-15-3)9(2)16-13;14-8-10-4-2-6-12(13-10)9-3-1-5-11(15)7-9/h4-5,15-16H,6-7H2,1-3H3;1-8,15H. The third-order valence-corrected chi connectivity index (χ3v) is 5.09. The second kappa shape index (κ2) is 10.00. The Bertz CT molecular complexity index is 1200. The summed E-state index contributed by atoms with van der Waals surface area (Å²) in [5, 5.41) is 13.5. The Balaban J connectivity index is 0.000000176. The number of halogens is 1. The topological polar surface area (TPSA) is 78.0 Å². The van der Waals surface area contributed by atoms with E-state index in [9.17, 15) is 14.3 Å². The number of aromatic hydroxyl groups is 1. The third kappa shape index (κ3) is 5.16. The van der Waals surface area contributed by atoms with Crippen LogP contribution in [-0.4, -0.2) is 35.0 Å². The van der Waals surface area contributed by atoms with Crippen molar-refractivity contribution in [1.29, 1.82) is 0 Å². The first kappa shape index (κ1) is 22.2. The van der Waals surface area contributed by atoms with Gasteiger partial charge in [0.25, 0.3) is 0 Å². The molecule has 0 aliphatic carbocycles. The first-order valence-corrected chi connectivity index (χ1v) is 10.1. The molecule has 4 aromatic rings. The Labute approximate surface area is 181 Å². The average molecular weight is 420 g/mol. The largest absolute Gasteiger partial charge is 0.508 e. The number of aromatic amines is 1. The van der Waals surface area contributed by atoms with E-state index in [-0.39, 0.29) is 11.6 Å². The van der Waals surface area contributed by atoms with Crippen LogP contribution >= 0.6 is 0 Å². The summed E-state index contributed by atoms with van der Waals surface area (Å²) in [6, 6.07) is 15.3. The van der Waals surface area contributed by atoms with E-state index in [1.54, 1.807) is 36.4 Å². The van der Waals surface area contributed by atoms with Crippen LogP contribution in [-0.2, 0) is 6.42 Å². The van der Waals surface area contributed by atoms with Gasteiger partial charge >= 0.3 is 0 Å². The van der Waals surface area contributed by atoms with Crippen molar-refractivity contribution in [3.63, 3.8) is 0 Å². The lowest BCUT2D eigenvalue weighted by Crippen LogP contribution is -2.10. The van der Waals surface area contributed by atoms with Crippen LogP contribution in [0.5, 0.6) is 5.75 Å². The van der Waals surface area contributed by atoms with Crippen molar-refractivity contribution in [3.05, 3.63) is 82.9 Å². The number of pyridine rings is 1. The van der Waals surface area contributed by atoms with Crippen molar-refractivity contribution in [2.75, 3.05) is 13.6 Å². The minimum Gasteiger partial charge on any atom is -0.508 e. The molecule has 3 N–H and O–H groups in total. The number of hydrogen-bond donors (Lipinski definition) is 3. The number of carbonyl (C=O) groups is 1. The maximum Gasteiger partial charge on any atom is 0.168 e. The summed E-state index contributed by atoms with van der Waals surface area (Å²) in [7, 11) is 1.93. The van der Waals surface area contributed by atoms with Gasteiger partial charge in [-0.3, -0.25) is 4.79 Å². The van der Waals surface area contributed by atoms with Crippen molar-refractivity contribution in [3.8, 4) is 17.0 Å². The zero-order valence-electron chi connectivity index (χ0n) is 17.9. The lowest BCUT2D eigenvalue weighted by molar-refractivity contribution is 0.111. The summed E-state index contributed by atoms with van der Waals surface area (Å²) >= 11 is 0. The molecule has 2 heterocycles. The number of benzene rings is 2. The van der Waals surface area contributed by atoms with E-state index in [2.05, 4.69) is 15.3 Å². The smallest absolute Gasteiger partial charge is 0.168 e. The molecule has 0 spiro atoms. The van der Waals surface area contributed by atoms with Crippen LogP contribution in [0.2, 0.25) is 0 Å². The molecule has 0 unspecified atom stereocenters. The van der Waals surface area contributed by atoms with Gasteiger partial charge in [0.15, 0.2) is 6.29 Å². The van der Waals surface area contributed by atoms with Gasteiger partial charge in [-0.05, 0) is 75.3 Å². The van der Waals surface area contributed by atoms with Crippen LogP contribution in [0, 0.1) is 19.7 Å². The fourth-order valence-corrected chi connectivity index (χ4v) is 3.55. The number of phenols is 1. The second-order valence-electron chi connectivity index (χ2n) is 7.31. The number of fused-ring (bicyclic) bond motifs is 1. The minimum atomic E-state index is -0.167. The summed E-state index contributed by atoms with van der Waals surface area (Å²) < 4.78 is 13.6. The summed E-state index contributed by atoms with van der Waals surface area (Å²) in [5.74, 6) is 0.0187. The van der Waals surface area contributed by atoms with Crippen LogP contribution in [0.3, 0.4) is 0 Å². The molecule has 160 valence electrons. The Kier molecular flexibility index (Phi) is 7.15. The Morgan fingerprint density at radius 2 is 1.90 bits per heavy atom. The molecule has 6 heteroatoms. The van der Waals surface area contributed by atoms with Gasteiger partial charge in [0, 0.05) is 16.6 Å². The zero-order chi connectivity index (χ0) is 22.4. The highest BCUT2D eigenvalue weighted by Crippen LogP contribution is 2.27. The van der Waals surface area contributed by atoms with Gasteiger partial charge in [0.1, 0.15) is 17.3 Å². The summed E-state index contributed by atoms with van der Waals surface area (Å²) in [6.45, 7) is 4.94. The lowest BCUT2D eigenvalue weighted by atomic mass is 10.0. The van der Waals surface area contributed by atoms with E-state index in [4.69, 9.17) is 0 Å². The van der Waals surface area contributed by atoms with Gasteiger partial charge in [-0.15, -0.1) is 0 Å². The van der Waals surface area contributed by atoms with E-state index < -0.39 is 0 Å². The van der Waals surface area contributed by atoms with Gasteiger partial charge in [0.05, 0.1) is 11.2 Å². The first-order valence-electron chi connectivity index (χ1n) is 10.1. The van der Waals surface area contributed by atoms with Crippen LogP contribution in [0.4, 0.5) is 4.39 Å². The predicted octanol–water partition coefficient (Wildman–Crippen LogP) is 4.95. The molecule has 31 heavy (non-hydrogen) atoms. The Morgan fingerprint density at radius 3 is 2.61 bits per heavy atom. The average Bonchev–Trinajstić information content (AvgIpc) is 3.12. The lowest BCUT2D eigenvalue weighted by Gasteiger charge is -2.03. The number of rotatable bonds is 5. The molecule has 5 nitrogen and oxygen atoms in total. The molecular formula is C25H26FN3O2. The molecule has 0 saturated carbocycles. The molecule has 2 aromatic carbocycles. The molecule has 4 rings (SSSR count). The number of aryl methyl sites for hydroxylation is 2. The molecule has 2 aromatic heterocycles.